The van der Waals surface area contributed by atoms with Crippen LogP contribution in [0.4, 0.5) is 0 Å². The minimum absolute atomic E-state index is 0.233. The molecule has 19 heavy (non-hydrogen) atoms. The number of hydrogen-bond acceptors (Lipinski definition) is 1. The van der Waals surface area contributed by atoms with Crippen LogP contribution in [0.2, 0.25) is 0 Å². The lowest BCUT2D eigenvalue weighted by atomic mass is 10.1. The fourth-order valence-corrected chi connectivity index (χ4v) is 2.73. The Labute approximate surface area is 113 Å². The van der Waals surface area contributed by atoms with Gasteiger partial charge in [-0.05, 0) is 43.4 Å². The first-order valence-corrected chi connectivity index (χ1v) is 6.98. The summed E-state index contributed by atoms with van der Waals surface area (Å²) in [6, 6.07) is 6.39. The fourth-order valence-electron chi connectivity index (χ4n) is 2.73. The molecule has 3 rings (SSSR count). The Kier molecular flexibility index (Phi) is 3.05. The molecule has 1 aliphatic rings. The number of carbonyl (C=O) groups is 1. The normalized spacial score (nSPS) is 14.8. The van der Waals surface area contributed by atoms with Gasteiger partial charge >= 0.3 is 0 Å². The van der Waals surface area contributed by atoms with E-state index in [0.29, 0.717) is 5.92 Å². The van der Waals surface area contributed by atoms with Crippen molar-refractivity contribution in [3.63, 3.8) is 0 Å². The molecule has 1 aromatic carbocycles. The minimum Gasteiger partial charge on any atom is -0.356 e. The van der Waals surface area contributed by atoms with E-state index in [0.717, 1.165) is 25.8 Å². The lowest BCUT2D eigenvalue weighted by molar-refractivity contribution is -0.122. The number of nitrogens with one attached hydrogen (secondary N) is 1. The first-order chi connectivity index (χ1) is 9.16. The predicted molar refractivity (Wildman–Crippen MR) is 77.1 cm³/mol. The maximum atomic E-state index is 11.6. The highest BCUT2D eigenvalue weighted by Crippen LogP contribution is 2.29. The lowest BCUT2D eigenvalue weighted by Gasteiger charge is -2.04. The van der Waals surface area contributed by atoms with Gasteiger partial charge in [-0.15, -0.1) is 0 Å². The molecule has 1 saturated carbocycles. The van der Waals surface area contributed by atoms with Crippen LogP contribution >= 0.6 is 0 Å². The third kappa shape index (κ3) is 2.37. The molecule has 1 aliphatic carbocycles. The van der Waals surface area contributed by atoms with Crippen molar-refractivity contribution in [1.29, 1.82) is 0 Å². The number of hydrogen-bond donors (Lipinski definition) is 1. The highest BCUT2D eigenvalue weighted by atomic mass is 16.2. The van der Waals surface area contributed by atoms with Gasteiger partial charge in [-0.25, -0.2) is 0 Å². The second-order valence-electron chi connectivity index (χ2n) is 5.55. The summed E-state index contributed by atoms with van der Waals surface area (Å²) in [7, 11) is 2.08. The zero-order chi connectivity index (χ0) is 13.4. The topological polar surface area (TPSA) is 34.0 Å². The van der Waals surface area contributed by atoms with E-state index in [1.165, 1.54) is 22.0 Å². The average molecular weight is 256 g/mol. The van der Waals surface area contributed by atoms with Crippen molar-refractivity contribution in [2.75, 3.05) is 6.54 Å². The average Bonchev–Trinajstić information content (AvgIpc) is 3.17. The summed E-state index contributed by atoms with van der Waals surface area (Å²) < 4.78 is 2.17. The predicted octanol–water partition coefficient (Wildman–Crippen LogP) is 2.56. The van der Waals surface area contributed by atoms with Crippen molar-refractivity contribution in [2.45, 2.75) is 26.2 Å². The largest absolute Gasteiger partial charge is 0.356 e. The number of amides is 1. The third-order valence-corrected chi connectivity index (χ3v) is 3.94. The van der Waals surface area contributed by atoms with Gasteiger partial charge in [0, 0.05) is 36.6 Å². The Morgan fingerprint density at radius 3 is 2.95 bits per heavy atom. The second kappa shape index (κ2) is 4.72. The van der Waals surface area contributed by atoms with E-state index in [-0.39, 0.29) is 5.91 Å². The number of fused-ring (bicyclic) bond motifs is 1. The molecule has 3 nitrogen and oxygen atoms in total. The molecule has 1 heterocycles. The summed E-state index contributed by atoms with van der Waals surface area (Å²) in [5, 5.41) is 4.38. The second-order valence-corrected chi connectivity index (χ2v) is 5.55. The van der Waals surface area contributed by atoms with E-state index in [4.69, 9.17) is 0 Å². The molecule has 0 saturated heterocycles. The van der Waals surface area contributed by atoms with Crippen molar-refractivity contribution < 1.29 is 4.79 Å². The number of benzene rings is 1. The highest BCUT2D eigenvalue weighted by molar-refractivity contribution is 5.87. The summed E-state index contributed by atoms with van der Waals surface area (Å²) in [5.74, 6) is 0.534. The molecule has 1 amide bonds. The highest BCUT2D eigenvalue weighted by Gasteiger charge is 2.29. The number of rotatable bonds is 4. The van der Waals surface area contributed by atoms with Gasteiger partial charge in [-0.1, -0.05) is 12.1 Å². The molecular weight excluding hydrogens is 236 g/mol. The van der Waals surface area contributed by atoms with E-state index in [2.05, 4.69) is 48.3 Å². The Hall–Kier alpha value is -1.77. The summed E-state index contributed by atoms with van der Waals surface area (Å²) in [4.78, 5) is 11.6. The molecule has 1 fully saturated rings. The number of aryl methyl sites for hydroxylation is 2. The lowest BCUT2D eigenvalue weighted by Crippen LogP contribution is -2.26. The molecule has 0 unspecified atom stereocenters. The summed E-state index contributed by atoms with van der Waals surface area (Å²) in [5.41, 5.74) is 3.90. The van der Waals surface area contributed by atoms with Gasteiger partial charge in [0.2, 0.25) is 5.91 Å². The minimum atomic E-state index is 0.233. The van der Waals surface area contributed by atoms with Crippen molar-refractivity contribution in [3.05, 3.63) is 35.5 Å². The quantitative estimate of drug-likeness (QED) is 0.896. The molecule has 0 atom stereocenters. The summed E-state index contributed by atoms with van der Waals surface area (Å²) in [6.07, 6.45) is 5.22. The molecule has 1 aromatic heterocycles. The van der Waals surface area contributed by atoms with E-state index in [1.54, 1.807) is 0 Å². The van der Waals surface area contributed by atoms with E-state index in [9.17, 15) is 4.79 Å². The SMILES string of the molecule is Cc1cccc2c1c(CCNC(=O)C1CC1)cn2C. The monoisotopic (exact) mass is 256 g/mol. The van der Waals surface area contributed by atoms with E-state index in [1.807, 2.05) is 0 Å². The molecule has 0 radical (unpaired) electrons. The van der Waals surface area contributed by atoms with Crippen LogP contribution in [0.5, 0.6) is 0 Å². The van der Waals surface area contributed by atoms with Gasteiger partial charge in [-0.3, -0.25) is 4.79 Å². The maximum Gasteiger partial charge on any atom is 0.223 e. The van der Waals surface area contributed by atoms with Crippen LogP contribution in [0.1, 0.15) is 24.0 Å². The zero-order valence-corrected chi connectivity index (χ0v) is 11.6. The van der Waals surface area contributed by atoms with Crippen LogP contribution in [0.3, 0.4) is 0 Å². The molecule has 1 N–H and O–H groups in total. The molecular formula is C16H20N2O. The smallest absolute Gasteiger partial charge is 0.223 e. The number of carbonyl (C=O) groups excluding carboxylic acids is 1. The summed E-state index contributed by atoms with van der Waals surface area (Å²) in [6.45, 7) is 2.89. The molecule has 0 spiro atoms. The Balaban J connectivity index is 1.75. The number of aromatic nitrogens is 1. The zero-order valence-electron chi connectivity index (χ0n) is 11.6. The molecule has 3 heteroatoms. The standard InChI is InChI=1S/C16H20N2O/c1-11-4-3-5-14-15(11)13(10-18(14)2)8-9-17-16(19)12-6-7-12/h3-5,10,12H,6-9H2,1-2H3,(H,17,19). The first-order valence-electron chi connectivity index (χ1n) is 6.98. The molecule has 0 aliphatic heterocycles. The Morgan fingerprint density at radius 2 is 2.21 bits per heavy atom. The van der Waals surface area contributed by atoms with Crippen LogP contribution in [0, 0.1) is 12.8 Å². The fraction of sp³-hybridized carbons (Fsp3) is 0.438. The molecule has 2 aromatic rings. The Bertz CT molecular complexity index is 623. The van der Waals surface area contributed by atoms with Crippen molar-refractivity contribution in [1.82, 2.24) is 9.88 Å². The van der Waals surface area contributed by atoms with Crippen LogP contribution in [-0.4, -0.2) is 17.0 Å². The van der Waals surface area contributed by atoms with Crippen molar-refractivity contribution in [2.24, 2.45) is 13.0 Å². The molecule has 0 bridgehead atoms. The summed E-state index contributed by atoms with van der Waals surface area (Å²) >= 11 is 0. The Morgan fingerprint density at radius 1 is 1.42 bits per heavy atom. The first kappa shape index (κ1) is 12.3. The van der Waals surface area contributed by atoms with Gasteiger partial charge in [0.15, 0.2) is 0 Å². The van der Waals surface area contributed by atoms with Gasteiger partial charge < -0.3 is 9.88 Å². The van der Waals surface area contributed by atoms with Gasteiger partial charge in [0.05, 0.1) is 0 Å². The van der Waals surface area contributed by atoms with Gasteiger partial charge in [-0.2, -0.15) is 0 Å². The maximum absolute atomic E-state index is 11.6. The third-order valence-electron chi connectivity index (χ3n) is 3.94. The van der Waals surface area contributed by atoms with Crippen LogP contribution in [0.15, 0.2) is 24.4 Å². The van der Waals surface area contributed by atoms with Crippen molar-refractivity contribution in [3.8, 4) is 0 Å². The van der Waals surface area contributed by atoms with E-state index < -0.39 is 0 Å². The van der Waals surface area contributed by atoms with Crippen LogP contribution < -0.4 is 5.32 Å². The van der Waals surface area contributed by atoms with Gasteiger partial charge in [0.25, 0.3) is 0 Å². The van der Waals surface area contributed by atoms with Crippen LogP contribution in [-0.2, 0) is 18.3 Å². The van der Waals surface area contributed by atoms with Crippen LogP contribution in [0.25, 0.3) is 10.9 Å². The number of nitrogens with zero attached hydrogens (tertiary/aromatic N) is 1. The molecule has 100 valence electrons. The van der Waals surface area contributed by atoms with Gasteiger partial charge in [0.1, 0.15) is 0 Å². The van der Waals surface area contributed by atoms with E-state index >= 15 is 0 Å². The van der Waals surface area contributed by atoms with Crippen molar-refractivity contribution >= 4 is 16.8 Å².